The zero-order valence-electron chi connectivity index (χ0n) is 18.5. The number of carboxylic acid groups (broad SMARTS) is 1. The Balaban J connectivity index is 1.75. The molecule has 2 heterocycles. The van der Waals surface area contributed by atoms with Gasteiger partial charge in [-0.3, -0.25) is 9.36 Å². The van der Waals surface area contributed by atoms with Gasteiger partial charge < -0.3 is 47.1 Å². The second-order valence-corrected chi connectivity index (χ2v) is 8.26. The first-order valence-electron chi connectivity index (χ1n) is 10.5. The number of nitrogen functional groups attached to an aromatic ring is 1. The summed E-state index contributed by atoms with van der Waals surface area (Å²) in [4.78, 5) is 40.2. The highest BCUT2D eigenvalue weighted by atomic mass is 16.6. The van der Waals surface area contributed by atoms with Crippen molar-refractivity contribution in [2.45, 2.75) is 49.7 Å². The molecule has 10 N–H and O–H groups in total. The summed E-state index contributed by atoms with van der Waals surface area (Å²) in [6.07, 6.45) is -6.76. The van der Waals surface area contributed by atoms with Gasteiger partial charge in [-0.15, -0.1) is 0 Å². The lowest BCUT2D eigenvalue weighted by molar-refractivity contribution is -0.149. The van der Waals surface area contributed by atoms with Crippen LogP contribution in [0.4, 0.5) is 5.82 Å². The van der Waals surface area contributed by atoms with Crippen LogP contribution in [0.2, 0.25) is 0 Å². The van der Waals surface area contributed by atoms with Crippen molar-refractivity contribution in [2.24, 2.45) is 11.7 Å². The molecule has 1 aliphatic heterocycles. The van der Waals surface area contributed by atoms with E-state index in [-0.39, 0.29) is 11.6 Å². The van der Waals surface area contributed by atoms with Crippen LogP contribution in [0.1, 0.15) is 24.8 Å². The molecule has 0 bridgehead atoms. The van der Waals surface area contributed by atoms with Crippen LogP contribution in [0.3, 0.4) is 0 Å². The number of carbonyl (C=O) groups excluding carboxylic acids is 1. The van der Waals surface area contributed by atoms with Crippen molar-refractivity contribution in [3.63, 3.8) is 0 Å². The van der Waals surface area contributed by atoms with Gasteiger partial charge >= 0.3 is 11.7 Å². The van der Waals surface area contributed by atoms with Gasteiger partial charge in [0.2, 0.25) is 5.91 Å². The molecule has 0 unspecified atom stereocenters. The number of carboxylic acids is 1. The van der Waals surface area contributed by atoms with Crippen LogP contribution in [0.15, 0.2) is 41.3 Å². The Morgan fingerprint density at radius 2 is 1.80 bits per heavy atom. The number of aliphatic hydroxyl groups excluding tert-OH is 3. The Labute approximate surface area is 198 Å². The number of phenols is 1. The molecule has 1 amide bonds. The molecule has 14 nitrogen and oxygen atoms in total. The molecule has 190 valence electrons. The van der Waals surface area contributed by atoms with E-state index in [4.69, 9.17) is 16.2 Å². The lowest BCUT2D eigenvalue weighted by Gasteiger charge is -2.28. The van der Waals surface area contributed by atoms with Crippen LogP contribution in [-0.4, -0.2) is 77.4 Å². The largest absolute Gasteiger partial charge is 0.508 e. The number of carbonyl (C=O) groups is 2. The normalized spacial score (nSPS) is 25.4. The average Bonchev–Trinajstić information content (AvgIpc) is 3.10. The maximum absolute atomic E-state index is 12.7. The Morgan fingerprint density at radius 3 is 2.37 bits per heavy atom. The Bertz CT molecular complexity index is 1120. The third-order valence-corrected chi connectivity index (χ3v) is 5.90. The number of aliphatic carboxylic acids is 1. The van der Waals surface area contributed by atoms with E-state index in [1.54, 1.807) is 0 Å². The maximum Gasteiger partial charge on any atom is 0.351 e. The van der Waals surface area contributed by atoms with Crippen molar-refractivity contribution in [3.8, 4) is 5.75 Å². The van der Waals surface area contributed by atoms with Crippen LogP contribution in [0.25, 0.3) is 0 Å². The standard InChI is InChI=1S/C21H27N5O9/c1-8(14(28)9-2-4-10(27)5-3-9)12(23)18(31)25-13(20(32)33)17-15(29)16(30)19(35-17)26-7-6-11(22)24-21(26)34/h2-8,12-17,19,27-30H,23H2,1H3,(H,25,31)(H,32,33)(H2,22,24,34)/t8-,12-,13-,14-,15-,16+,17+,19+/m0/s1. The van der Waals surface area contributed by atoms with E-state index in [1.807, 2.05) is 0 Å². The second kappa shape index (κ2) is 10.4. The monoisotopic (exact) mass is 493 g/mol. The van der Waals surface area contributed by atoms with Gasteiger partial charge in [-0.25, -0.2) is 9.59 Å². The number of nitrogens with zero attached hydrogens (tertiary/aromatic N) is 2. The van der Waals surface area contributed by atoms with Gasteiger partial charge in [-0.1, -0.05) is 19.1 Å². The molecule has 0 saturated carbocycles. The molecule has 2 aromatic rings. The summed E-state index contributed by atoms with van der Waals surface area (Å²) in [5.74, 6) is -3.57. The van der Waals surface area contributed by atoms with E-state index >= 15 is 0 Å². The number of rotatable bonds is 8. The van der Waals surface area contributed by atoms with Crippen molar-refractivity contribution in [3.05, 3.63) is 52.6 Å². The van der Waals surface area contributed by atoms with E-state index in [9.17, 15) is 39.9 Å². The van der Waals surface area contributed by atoms with Crippen LogP contribution >= 0.6 is 0 Å². The first-order valence-corrected chi connectivity index (χ1v) is 10.5. The van der Waals surface area contributed by atoms with Gasteiger partial charge in [0.25, 0.3) is 0 Å². The second-order valence-electron chi connectivity index (χ2n) is 8.26. The molecule has 3 rings (SSSR count). The van der Waals surface area contributed by atoms with E-state index in [1.165, 1.54) is 37.3 Å². The van der Waals surface area contributed by atoms with Gasteiger partial charge in [0.15, 0.2) is 12.3 Å². The minimum Gasteiger partial charge on any atom is -0.508 e. The average molecular weight is 493 g/mol. The molecule has 0 radical (unpaired) electrons. The van der Waals surface area contributed by atoms with Gasteiger partial charge in [-0.05, 0) is 23.8 Å². The van der Waals surface area contributed by atoms with Crippen molar-refractivity contribution in [2.75, 3.05) is 5.73 Å². The highest BCUT2D eigenvalue weighted by Crippen LogP contribution is 2.31. The van der Waals surface area contributed by atoms with E-state index in [0.29, 0.717) is 5.56 Å². The summed E-state index contributed by atoms with van der Waals surface area (Å²) in [5.41, 5.74) is 10.9. The zero-order valence-corrected chi connectivity index (χ0v) is 18.5. The number of nitrogens with one attached hydrogen (secondary N) is 1. The van der Waals surface area contributed by atoms with E-state index in [2.05, 4.69) is 10.3 Å². The minimum absolute atomic E-state index is 0.0208. The van der Waals surface area contributed by atoms with Gasteiger partial charge in [-0.2, -0.15) is 4.98 Å². The maximum atomic E-state index is 12.7. The van der Waals surface area contributed by atoms with Crippen LogP contribution < -0.4 is 22.5 Å². The van der Waals surface area contributed by atoms with Crippen molar-refractivity contribution in [1.82, 2.24) is 14.9 Å². The van der Waals surface area contributed by atoms with Crippen LogP contribution in [0.5, 0.6) is 5.75 Å². The number of ether oxygens (including phenoxy) is 1. The fourth-order valence-corrected chi connectivity index (χ4v) is 3.75. The number of aromatic hydroxyl groups is 1. The number of aliphatic hydroxyl groups is 3. The fourth-order valence-electron chi connectivity index (χ4n) is 3.75. The Hall–Kier alpha value is -3.56. The molecule has 1 aliphatic rings. The molecular weight excluding hydrogens is 466 g/mol. The summed E-state index contributed by atoms with van der Waals surface area (Å²) in [7, 11) is 0. The number of nitrogens with two attached hydrogens (primary N) is 2. The molecule has 35 heavy (non-hydrogen) atoms. The summed E-state index contributed by atoms with van der Waals surface area (Å²) < 4.78 is 6.28. The first-order chi connectivity index (χ1) is 16.4. The molecule has 8 atom stereocenters. The van der Waals surface area contributed by atoms with E-state index in [0.717, 1.165) is 10.8 Å². The highest BCUT2D eigenvalue weighted by Gasteiger charge is 2.50. The van der Waals surface area contributed by atoms with Crippen LogP contribution in [-0.2, 0) is 14.3 Å². The molecule has 1 aromatic carbocycles. The SMILES string of the molecule is C[C@@H]([C@H](N)C(=O)N[C@H](C(=O)O)[C@H]1O[C@@H](n2ccc(N)nc2=O)[C@H](O)[C@@H]1O)[C@H](O)c1ccc(O)cc1. The van der Waals surface area contributed by atoms with Crippen LogP contribution in [0, 0.1) is 5.92 Å². The number of aromatic nitrogens is 2. The van der Waals surface area contributed by atoms with Gasteiger partial charge in [0.05, 0.1) is 12.1 Å². The number of phenolic OH excluding ortho intramolecular Hbond substituents is 1. The number of anilines is 1. The lowest BCUT2D eigenvalue weighted by atomic mass is 9.90. The Morgan fingerprint density at radius 1 is 1.17 bits per heavy atom. The summed E-state index contributed by atoms with van der Waals surface area (Å²) in [6, 6.07) is 3.58. The fraction of sp³-hybridized carbons (Fsp3) is 0.429. The zero-order chi connectivity index (χ0) is 26.0. The third-order valence-electron chi connectivity index (χ3n) is 5.90. The molecule has 1 fully saturated rings. The molecule has 0 spiro atoms. The topological polar surface area (TPSA) is 243 Å². The highest BCUT2D eigenvalue weighted by molar-refractivity contribution is 5.87. The number of amides is 1. The Kier molecular flexibility index (Phi) is 7.72. The number of hydrogen-bond acceptors (Lipinski definition) is 11. The quantitative estimate of drug-likeness (QED) is 0.189. The van der Waals surface area contributed by atoms with Gasteiger partial charge in [0, 0.05) is 12.1 Å². The van der Waals surface area contributed by atoms with Crippen molar-refractivity contribution >= 4 is 17.7 Å². The smallest absolute Gasteiger partial charge is 0.351 e. The molecule has 0 aliphatic carbocycles. The van der Waals surface area contributed by atoms with Crippen molar-refractivity contribution < 1.29 is 39.9 Å². The number of hydrogen-bond donors (Lipinski definition) is 8. The van der Waals surface area contributed by atoms with Crippen molar-refractivity contribution in [1.29, 1.82) is 0 Å². The minimum atomic E-state index is -1.86. The van der Waals surface area contributed by atoms with Gasteiger partial charge in [0.1, 0.15) is 29.9 Å². The third kappa shape index (κ3) is 5.41. The molecule has 1 aromatic heterocycles. The molecular formula is C21H27N5O9. The molecule has 14 heteroatoms. The summed E-state index contributed by atoms with van der Waals surface area (Å²) in [6.45, 7) is 1.47. The first kappa shape index (κ1) is 26.1. The number of benzene rings is 1. The summed E-state index contributed by atoms with van der Waals surface area (Å²) in [5, 5.41) is 52.6. The predicted molar refractivity (Wildman–Crippen MR) is 119 cm³/mol. The van der Waals surface area contributed by atoms with E-state index < -0.39 is 66.2 Å². The summed E-state index contributed by atoms with van der Waals surface area (Å²) >= 11 is 0. The lowest BCUT2D eigenvalue weighted by Crippen LogP contribution is -2.57. The predicted octanol–water partition coefficient (Wildman–Crippen LogP) is -2.58. The molecule has 1 saturated heterocycles.